The molecule has 3 unspecified atom stereocenters. The fourth-order valence-electron chi connectivity index (χ4n) is 3.69. The molecule has 2 aliphatic heterocycles. The molecule has 3 aliphatic rings. The second kappa shape index (κ2) is 5.57. The van der Waals surface area contributed by atoms with Crippen molar-refractivity contribution in [2.45, 2.75) is 50.6 Å². The van der Waals surface area contributed by atoms with E-state index in [1.165, 1.54) is 32.1 Å². The Bertz CT molecular complexity index is 302. The van der Waals surface area contributed by atoms with Crippen LogP contribution in [0, 0.1) is 5.92 Å². The van der Waals surface area contributed by atoms with E-state index in [9.17, 15) is 4.79 Å². The summed E-state index contributed by atoms with van der Waals surface area (Å²) in [7, 11) is 0. The maximum absolute atomic E-state index is 12.4. The predicted molar refractivity (Wildman–Crippen MR) is 69.3 cm³/mol. The smallest absolute Gasteiger partial charge is 0.239 e. The number of nitrogens with zero attached hydrogens (tertiary/aromatic N) is 1. The van der Waals surface area contributed by atoms with Crippen molar-refractivity contribution in [2.75, 3.05) is 26.3 Å². The van der Waals surface area contributed by atoms with Crippen LogP contribution in [-0.2, 0) is 9.53 Å². The van der Waals surface area contributed by atoms with Crippen molar-refractivity contribution in [2.24, 2.45) is 5.92 Å². The average Bonchev–Trinajstić information content (AvgIpc) is 2.47. The molecule has 1 amide bonds. The van der Waals surface area contributed by atoms with Crippen LogP contribution < -0.4 is 5.32 Å². The van der Waals surface area contributed by atoms with Crippen molar-refractivity contribution >= 4 is 5.91 Å². The van der Waals surface area contributed by atoms with Crippen LogP contribution in [0.25, 0.3) is 0 Å². The summed E-state index contributed by atoms with van der Waals surface area (Å²) in [5.41, 5.74) is 0. The van der Waals surface area contributed by atoms with Crippen LogP contribution in [0.15, 0.2) is 0 Å². The minimum atomic E-state index is 0.0717. The highest BCUT2D eigenvalue weighted by Gasteiger charge is 2.36. The predicted octanol–water partition coefficient (Wildman–Crippen LogP) is 1.16. The standard InChI is InChI=1S/C14H24N2O2/c17-14(16-7-9-18-10-8-16)13-6-5-11-3-1-2-4-12(11)15-13/h11-13,15H,1-10H2. The van der Waals surface area contributed by atoms with Crippen molar-refractivity contribution in [3.05, 3.63) is 0 Å². The zero-order valence-corrected chi connectivity index (χ0v) is 11.1. The Kier molecular flexibility index (Phi) is 3.85. The molecule has 2 heterocycles. The lowest BCUT2D eigenvalue weighted by Crippen LogP contribution is -2.57. The second-order valence-corrected chi connectivity index (χ2v) is 5.89. The van der Waals surface area contributed by atoms with Crippen LogP contribution in [0.5, 0.6) is 0 Å². The van der Waals surface area contributed by atoms with Gasteiger partial charge in [-0.25, -0.2) is 0 Å². The van der Waals surface area contributed by atoms with Gasteiger partial charge in [-0.1, -0.05) is 12.8 Å². The van der Waals surface area contributed by atoms with Gasteiger partial charge in [0.1, 0.15) is 0 Å². The lowest BCUT2D eigenvalue weighted by molar-refractivity contribution is -0.139. The molecule has 3 rings (SSSR count). The SMILES string of the molecule is O=C(C1CCC2CCCCC2N1)N1CCOCC1. The number of hydrogen-bond acceptors (Lipinski definition) is 3. The second-order valence-electron chi connectivity index (χ2n) is 5.89. The van der Waals surface area contributed by atoms with E-state index in [0.29, 0.717) is 25.2 Å². The first-order valence-corrected chi connectivity index (χ1v) is 7.47. The molecule has 3 fully saturated rings. The van der Waals surface area contributed by atoms with Gasteiger partial charge in [-0.15, -0.1) is 0 Å². The summed E-state index contributed by atoms with van der Waals surface area (Å²) in [6.45, 7) is 2.94. The molecule has 0 bridgehead atoms. The van der Waals surface area contributed by atoms with E-state index in [2.05, 4.69) is 5.32 Å². The largest absolute Gasteiger partial charge is 0.378 e. The molecule has 1 aliphatic carbocycles. The maximum Gasteiger partial charge on any atom is 0.239 e. The van der Waals surface area contributed by atoms with E-state index in [1.807, 2.05) is 4.90 Å². The van der Waals surface area contributed by atoms with Gasteiger partial charge in [0.15, 0.2) is 0 Å². The Morgan fingerprint density at radius 3 is 2.67 bits per heavy atom. The van der Waals surface area contributed by atoms with Gasteiger partial charge in [0, 0.05) is 19.1 Å². The van der Waals surface area contributed by atoms with E-state index >= 15 is 0 Å². The average molecular weight is 252 g/mol. The number of nitrogens with one attached hydrogen (secondary N) is 1. The van der Waals surface area contributed by atoms with Crippen molar-refractivity contribution in [1.29, 1.82) is 0 Å². The lowest BCUT2D eigenvalue weighted by Gasteiger charge is -2.41. The molecule has 0 aromatic rings. The Labute approximate surface area is 109 Å². The molecule has 1 N–H and O–H groups in total. The van der Waals surface area contributed by atoms with Gasteiger partial charge in [0.05, 0.1) is 19.3 Å². The number of fused-ring (bicyclic) bond motifs is 1. The van der Waals surface area contributed by atoms with Gasteiger partial charge >= 0.3 is 0 Å². The number of rotatable bonds is 1. The zero-order chi connectivity index (χ0) is 12.4. The summed E-state index contributed by atoms with van der Waals surface area (Å²) in [4.78, 5) is 14.4. The zero-order valence-electron chi connectivity index (χ0n) is 11.1. The van der Waals surface area contributed by atoms with E-state index < -0.39 is 0 Å². The minimum Gasteiger partial charge on any atom is -0.378 e. The molecule has 0 spiro atoms. The minimum absolute atomic E-state index is 0.0717. The molecule has 3 atom stereocenters. The monoisotopic (exact) mass is 252 g/mol. The maximum atomic E-state index is 12.4. The normalized spacial score (nSPS) is 37.1. The summed E-state index contributed by atoms with van der Waals surface area (Å²) >= 11 is 0. The number of carbonyl (C=O) groups is 1. The highest BCUT2D eigenvalue weighted by Crippen LogP contribution is 2.32. The molecular formula is C14H24N2O2. The van der Waals surface area contributed by atoms with Gasteiger partial charge in [-0.05, 0) is 31.6 Å². The van der Waals surface area contributed by atoms with Gasteiger partial charge < -0.3 is 15.0 Å². The Balaban J connectivity index is 1.57. The third-order valence-corrected chi connectivity index (χ3v) is 4.77. The highest BCUT2D eigenvalue weighted by molar-refractivity contribution is 5.82. The molecule has 0 radical (unpaired) electrons. The molecule has 0 aromatic carbocycles. The molecule has 18 heavy (non-hydrogen) atoms. The van der Waals surface area contributed by atoms with Crippen LogP contribution >= 0.6 is 0 Å². The van der Waals surface area contributed by atoms with Gasteiger partial charge in [-0.2, -0.15) is 0 Å². The number of amides is 1. The highest BCUT2D eigenvalue weighted by atomic mass is 16.5. The topological polar surface area (TPSA) is 41.6 Å². The van der Waals surface area contributed by atoms with Gasteiger partial charge in [-0.3, -0.25) is 4.79 Å². The van der Waals surface area contributed by atoms with Crippen molar-refractivity contribution in [1.82, 2.24) is 10.2 Å². The quantitative estimate of drug-likeness (QED) is 0.761. The van der Waals surface area contributed by atoms with Crippen molar-refractivity contribution in [3.8, 4) is 0 Å². The summed E-state index contributed by atoms with van der Waals surface area (Å²) in [5, 5.41) is 3.62. The Hall–Kier alpha value is -0.610. The molecule has 4 heteroatoms. The summed E-state index contributed by atoms with van der Waals surface area (Å²) < 4.78 is 5.31. The molecule has 1 saturated carbocycles. The third kappa shape index (κ3) is 2.54. The number of ether oxygens (including phenoxy) is 1. The summed E-state index contributed by atoms with van der Waals surface area (Å²) in [5.74, 6) is 1.13. The van der Waals surface area contributed by atoms with Crippen LogP contribution in [-0.4, -0.2) is 49.2 Å². The lowest BCUT2D eigenvalue weighted by atomic mass is 9.77. The first kappa shape index (κ1) is 12.4. The van der Waals surface area contributed by atoms with Crippen LogP contribution in [0.3, 0.4) is 0 Å². The van der Waals surface area contributed by atoms with Crippen LogP contribution in [0.1, 0.15) is 38.5 Å². The number of carbonyl (C=O) groups excluding carboxylic acids is 1. The molecule has 2 saturated heterocycles. The fraction of sp³-hybridized carbons (Fsp3) is 0.929. The van der Waals surface area contributed by atoms with E-state index in [1.54, 1.807) is 0 Å². The first-order chi connectivity index (χ1) is 8.84. The van der Waals surface area contributed by atoms with E-state index in [0.717, 1.165) is 25.4 Å². The molecule has 0 aromatic heterocycles. The van der Waals surface area contributed by atoms with Crippen LogP contribution in [0.2, 0.25) is 0 Å². The van der Waals surface area contributed by atoms with E-state index in [4.69, 9.17) is 4.74 Å². The van der Waals surface area contributed by atoms with E-state index in [-0.39, 0.29) is 6.04 Å². The van der Waals surface area contributed by atoms with Crippen LogP contribution in [0.4, 0.5) is 0 Å². The number of piperidine rings is 1. The Morgan fingerprint density at radius 1 is 1.06 bits per heavy atom. The Morgan fingerprint density at radius 2 is 1.83 bits per heavy atom. The van der Waals surface area contributed by atoms with Crippen molar-refractivity contribution < 1.29 is 9.53 Å². The molecule has 4 nitrogen and oxygen atoms in total. The first-order valence-electron chi connectivity index (χ1n) is 7.47. The molecular weight excluding hydrogens is 228 g/mol. The van der Waals surface area contributed by atoms with Gasteiger partial charge in [0.25, 0.3) is 0 Å². The molecule has 102 valence electrons. The fourth-order valence-corrected chi connectivity index (χ4v) is 3.69. The number of morpholine rings is 1. The number of hydrogen-bond donors (Lipinski definition) is 1. The van der Waals surface area contributed by atoms with Gasteiger partial charge in [0.2, 0.25) is 5.91 Å². The third-order valence-electron chi connectivity index (χ3n) is 4.77. The summed E-state index contributed by atoms with van der Waals surface area (Å²) in [6, 6.07) is 0.671. The van der Waals surface area contributed by atoms with Crippen molar-refractivity contribution in [3.63, 3.8) is 0 Å². The summed E-state index contributed by atoms with van der Waals surface area (Å²) in [6.07, 6.45) is 7.58.